The van der Waals surface area contributed by atoms with Crippen LogP contribution >= 0.6 is 0 Å². The number of aliphatic hydroxyl groups is 3. The smallest absolute Gasteiger partial charge is 0.407 e. The number of ketones is 3. The number of esters is 1. The molecular formula is C91H136N10O24. The van der Waals surface area contributed by atoms with Crippen molar-refractivity contribution in [2.75, 3.05) is 146 Å². The number of hydrogen-bond donors (Lipinski definition) is 8. The van der Waals surface area contributed by atoms with Crippen LogP contribution in [0.1, 0.15) is 169 Å². The number of H-pyrrole nitrogens is 1. The average molecular weight is 1750 g/mol. The van der Waals surface area contributed by atoms with E-state index in [1.165, 1.54) is 26.4 Å². The zero-order valence-corrected chi connectivity index (χ0v) is 74.6. The lowest BCUT2D eigenvalue weighted by Gasteiger charge is -2.42. The second kappa shape index (κ2) is 51.5. The molecule has 34 nitrogen and oxygen atoms in total. The van der Waals surface area contributed by atoms with Gasteiger partial charge < -0.3 is 108 Å². The van der Waals surface area contributed by atoms with E-state index in [4.69, 9.17) is 72.3 Å². The van der Waals surface area contributed by atoms with E-state index in [1.54, 1.807) is 39.5 Å². The second-order valence-electron chi connectivity index (χ2n) is 33.7. The van der Waals surface area contributed by atoms with Gasteiger partial charge in [-0.3, -0.25) is 28.8 Å². The number of fused-ring (bicyclic) bond motifs is 5. The summed E-state index contributed by atoms with van der Waals surface area (Å²) in [6.45, 7) is 17.5. The minimum Gasteiger partial charge on any atom is -0.495 e. The summed E-state index contributed by atoms with van der Waals surface area (Å²) in [5.41, 5.74) is 10.4. The topological polar surface area (TPSA) is 441 Å². The van der Waals surface area contributed by atoms with Gasteiger partial charge in [-0.15, -0.1) is 0 Å². The maximum Gasteiger partial charge on any atom is 0.407 e. The van der Waals surface area contributed by atoms with E-state index < -0.39 is 108 Å². The molecule has 1 aromatic carbocycles. The molecule has 9 N–H and O–H groups in total. The molecule has 4 amide bonds. The molecule has 3 aromatic heterocycles. The fraction of sp³-hybridized carbons (Fsp3) is 0.681. The molecule has 2 aliphatic carbocycles. The molecule has 15 atom stereocenters. The SMILES string of the molecule is COc1cccc2cc(-c3nc(C4CCC(C(=O)NCCOCCOCCNC(=O)CCOCCOCCOCCOCCOCCNC(=O)O[C@@H]5CC[C@@H](C[C@@H](C)[C@@H]6CC(=O)[C@H](C)/C=C(\C)[C@@H](O)[C@@H](O)C(=O)[C@H](C)C[C@H](C)/C=C/C=C/C=C(\C)[C@@H](OC)C[C@@H]7CC[C@@H](C)[C@@](O)(O7)C(=O)C(=O)N7CCCC[C@H]7C(=O)O6)C[C@H]5OC)CC4)n4ncnc(N)c34)[nH]c12. The molecule has 694 valence electrons. The van der Waals surface area contributed by atoms with Gasteiger partial charge in [-0.2, -0.15) is 5.10 Å². The first-order valence-electron chi connectivity index (χ1n) is 44.6. The molecular weight excluding hydrogens is 1620 g/mol. The molecule has 2 bridgehead atoms. The van der Waals surface area contributed by atoms with Gasteiger partial charge in [0.15, 0.2) is 11.6 Å². The molecule has 34 heteroatoms. The molecule has 125 heavy (non-hydrogen) atoms. The molecule has 0 spiro atoms. The molecule has 2 saturated carbocycles. The van der Waals surface area contributed by atoms with Crippen LogP contribution in [0.4, 0.5) is 10.6 Å². The Morgan fingerprint density at radius 1 is 0.712 bits per heavy atom. The summed E-state index contributed by atoms with van der Waals surface area (Å²) < 4.78 is 76.8. The van der Waals surface area contributed by atoms with Crippen molar-refractivity contribution >= 4 is 69.4 Å². The summed E-state index contributed by atoms with van der Waals surface area (Å²) in [7, 11) is 4.73. The van der Waals surface area contributed by atoms with Crippen molar-refractivity contribution in [3.63, 3.8) is 0 Å². The number of piperidine rings is 1. The standard InChI is InChI=1S/C91H136N10O24/c1-57-17-12-11-13-18-58(2)74(114-9)54-68-28-22-63(7)91(112,125-68)84(107)88(109)100-34-15-14-20-70(100)89(110)123-75(55-71(102)59(3)50-62(6)82(105)83(106)81(104)61(5)49-57)60(4)51-64-23-29-72(76(52-64)115-10)124-90(111)95-33-38-119-42-44-121-46-48-122-47-45-120-43-39-116-35-30-77(103)93-31-36-117-40-41-118-37-32-94-87(108)66-26-24-65(25-27-66)86-99-79(80-85(92)96-56-97-101(80)86)69-53-67-19-16-21-73(113-8)78(67)98-69/h11-13,16-19,21,50,53,56-57,59-61,63-66,68,70,72,74-76,82-83,98,105-106,112H,14-15,20,22-49,51-52,54-55H2,1-10H3,(H,93,103)(H,94,108)(H,95,111)(H2,92,96,97)/b13-11+,17-12+,58-18+,62-50+/t57-,59-,60-,61-,63-,64+,65?,66?,68+,70+,72-,74+,75+,76-,82-,83+,91-/m1/s1. The highest BCUT2D eigenvalue weighted by Crippen LogP contribution is 2.42. The Morgan fingerprint density at radius 2 is 1.37 bits per heavy atom. The number of hydrogen-bond acceptors (Lipinski definition) is 28. The van der Waals surface area contributed by atoms with Crippen molar-refractivity contribution in [2.24, 2.45) is 41.4 Å². The fourth-order valence-electron chi connectivity index (χ4n) is 17.1. The third-order valence-corrected chi connectivity index (χ3v) is 24.5. The summed E-state index contributed by atoms with van der Waals surface area (Å²) in [4.78, 5) is 124. The highest BCUT2D eigenvalue weighted by molar-refractivity contribution is 6.39. The summed E-state index contributed by atoms with van der Waals surface area (Å²) in [5, 5.41) is 48.7. The normalized spacial score (nSPS) is 28.5. The van der Waals surface area contributed by atoms with Crippen molar-refractivity contribution in [3.8, 4) is 17.1 Å². The summed E-state index contributed by atoms with van der Waals surface area (Å²) in [6.07, 6.45) is 12.5. The van der Waals surface area contributed by atoms with Crippen molar-refractivity contribution in [2.45, 2.75) is 218 Å². The van der Waals surface area contributed by atoms with Gasteiger partial charge in [0.1, 0.15) is 65.4 Å². The van der Waals surface area contributed by atoms with Crippen LogP contribution < -0.4 is 26.4 Å². The molecule has 0 unspecified atom stereocenters. The number of nitrogens with one attached hydrogen (secondary N) is 4. The van der Waals surface area contributed by atoms with Crippen LogP contribution in [0.15, 0.2) is 78.2 Å². The van der Waals surface area contributed by atoms with Crippen LogP contribution in [-0.4, -0.2) is 286 Å². The number of aliphatic hydroxyl groups excluding tert-OH is 2. The number of Topliss-reactive ketones (excluding diaryl/α,β-unsaturated/α-hetero) is 3. The second-order valence-corrected chi connectivity index (χ2v) is 33.7. The van der Waals surface area contributed by atoms with E-state index >= 15 is 0 Å². The monoisotopic (exact) mass is 1750 g/mol. The molecule has 5 aliphatic rings. The van der Waals surface area contributed by atoms with E-state index in [-0.39, 0.29) is 105 Å². The van der Waals surface area contributed by atoms with Crippen LogP contribution in [0.3, 0.4) is 0 Å². The third kappa shape index (κ3) is 29.8. The number of nitrogens with two attached hydrogens (primary N) is 1. The zero-order chi connectivity index (χ0) is 90.0. The number of cyclic esters (lactones) is 1. The van der Waals surface area contributed by atoms with Crippen LogP contribution in [-0.2, 0) is 90.4 Å². The number of para-hydroxylation sites is 1. The number of rotatable bonds is 37. The first-order chi connectivity index (χ1) is 60.2. The van der Waals surface area contributed by atoms with Crippen LogP contribution in [0.25, 0.3) is 27.8 Å². The average Bonchev–Trinajstić information content (AvgIpc) is 1.65. The summed E-state index contributed by atoms with van der Waals surface area (Å²) in [5.74, 6) is -7.67. The number of benzene rings is 1. The Labute approximate surface area is 733 Å². The molecule has 9 rings (SSSR count). The Kier molecular flexibility index (Phi) is 41.3. The number of carbonyl (C=O) groups is 8. The maximum atomic E-state index is 14.7. The number of allylic oxidation sites excluding steroid dienone is 6. The van der Waals surface area contributed by atoms with E-state index in [1.807, 2.05) is 75.4 Å². The number of methoxy groups -OCH3 is 3. The van der Waals surface area contributed by atoms with Crippen molar-refractivity contribution in [1.82, 2.24) is 45.4 Å². The lowest BCUT2D eigenvalue weighted by molar-refractivity contribution is -0.265. The number of anilines is 1. The van der Waals surface area contributed by atoms with Gasteiger partial charge in [0.2, 0.25) is 17.6 Å². The van der Waals surface area contributed by atoms with Crippen LogP contribution in [0, 0.1) is 41.4 Å². The predicted octanol–water partition coefficient (Wildman–Crippen LogP) is 8.15. The molecule has 2 saturated heterocycles. The number of ether oxygens (including phenoxy) is 13. The van der Waals surface area contributed by atoms with Gasteiger partial charge in [-0.1, -0.05) is 83.2 Å². The largest absolute Gasteiger partial charge is 0.495 e. The van der Waals surface area contributed by atoms with Crippen molar-refractivity contribution in [1.29, 1.82) is 0 Å². The third-order valence-electron chi connectivity index (χ3n) is 24.5. The van der Waals surface area contributed by atoms with Gasteiger partial charge in [0, 0.05) is 94.6 Å². The quantitative estimate of drug-likeness (QED) is 0.00913. The Hall–Kier alpha value is -8.49. The lowest BCUT2D eigenvalue weighted by atomic mass is 9.78. The number of nitrogens with zero attached hydrogens (tertiary/aromatic N) is 5. The van der Waals surface area contributed by atoms with Gasteiger partial charge in [0.25, 0.3) is 11.7 Å². The van der Waals surface area contributed by atoms with Crippen molar-refractivity contribution in [3.05, 3.63) is 84.0 Å². The lowest BCUT2D eigenvalue weighted by Crippen LogP contribution is -2.61. The summed E-state index contributed by atoms with van der Waals surface area (Å²) in [6, 6.07) is 6.63. The van der Waals surface area contributed by atoms with Gasteiger partial charge in [0.05, 0.1) is 129 Å². The number of aromatic nitrogens is 5. The van der Waals surface area contributed by atoms with Gasteiger partial charge in [-0.25, -0.2) is 24.1 Å². The highest BCUT2D eigenvalue weighted by atomic mass is 16.6. The number of imidazole rings is 1. The Morgan fingerprint density at radius 3 is 2.03 bits per heavy atom. The van der Waals surface area contributed by atoms with Crippen LogP contribution in [0.2, 0.25) is 0 Å². The number of nitrogen functional groups attached to an aromatic ring is 1. The minimum atomic E-state index is -2.49. The first-order valence-corrected chi connectivity index (χ1v) is 44.6. The van der Waals surface area contributed by atoms with E-state index in [0.29, 0.717) is 173 Å². The highest BCUT2D eigenvalue weighted by Gasteiger charge is 2.53. The Bertz CT molecular complexity index is 4240. The predicted molar refractivity (Wildman–Crippen MR) is 463 cm³/mol. The Balaban J connectivity index is 0.592. The summed E-state index contributed by atoms with van der Waals surface area (Å²) >= 11 is 0. The molecule has 4 fully saturated rings. The molecule has 4 aromatic rings. The molecule has 6 heterocycles. The number of aromatic amines is 1. The van der Waals surface area contributed by atoms with Gasteiger partial charge >= 0.3 is 12.1 Å². The van der Waals surface area contributed by atoms with E-state index in [9.17, 15) is 53.7 Å². The zero-order valence-electron chi connectivity index (χ0n) is 74.6. The number of carbonyl (C=O) groups excluding carboxylic acids is 8. The first kappa shape index (κ1) is 100. The molecule has 0 radical (unpaired) electrons. The minimum absolute atomic E-state index is 0.00570. The molecule has 3 aliphatic heterocycles. The van der Waals surface area contributed by atoms with Gasteiger partial charge in [-0.05, 0) is 145 Å². The van der Waals surface area contributed by atoms with E-state index in [0.717, 1.165) is 51.5 Å². The fourth-order valence-corrected chi connectivity index (χ4v) is 17.1. The number of alkyl carbamates (subject to hydrolysis) is 1. The van der Waals surface area contributed by atoms with Crippen LogP contribution in [0.5, 0.6) is 5.75 Å². The van der Waals surface area contributed by atoms with Crippen molar-refractivity contribution < 1.29 is 115 Å². The van der Waals surface area contributed by atoms with E-state index in [2.05, 4.69) is 31.0 Å². The number of amides is 4. The maximum absolute atomic E-state index is 14.7.